The standard InChI is InChI=1S/C27H23F3N2O3/c28-27(29,30)18-35-23-14-21(13-22(31)15-23)24-11-12-25(33-16-19-7-3-1-4-8-19)32-26(24)34-17-20-9-5-2-6-10-20/h1-15H,16-18,31H2. The molecule has 0 fully saturated rings. The first-order valence-electron chi connectivity index (χ1n) is 10.8. The molecule has 0 unspecified atom stereocenters. The van der Waals surface area contributed by atoms with Gasteiger partial charge in [0.2, 0.25) is 11.8 Å². The Bertz CT molecular complexity index is 1250. The van der Waals surface area contributed by atoms with Crippen molar-refractivity contribution in [1.82, 2.24) is 4.98 Å². The van der Waals surface area contributed by atoms with Crippen LogP contribution in [0.15, 0.2) is 91.0 Å². The van der Waals surface area contributed by atoms with Crippen LogP contribution in [-0.4, -0.2) is 17.8 Å². The SMILES string of the molecule is Nc1cc(OCC(F)(F)F)cc(-c2ccc(OCc3ccccc3)nc2OCc2ccccc2)c1. The fourth-order valence-corrected chi connectivity index (χ4v) is 3.32. The molecule has 8 heteroatoms. The maximum absolute atomic E-state index is 12.6. The molecule has 4 aromatic rings. The first-order valence-corrected chi connectivity index (χ1v) is 10.8. The van der Waals surface area contributed by atoms with Gasteiger partial charge in [-0.05, 0) is 34.9 Å². The second-order valence-corrected chi connectivity index (χ2v) is 7.75. The van der Waals surface area contributed by atoms with E-state index in [9.17, 15) is 13.2 Å². The van der Waals surface area contributed by atoms with Gasteiger partial charge in [0.15, 0.2) is 6.61 Å². The van der Waals surface area contributed by atoms with E-state index in [1.165, 1.54) is 12.1 Å². The third-order valence-corrected chi connectivity index (χ3v) is 4.93. The lowest BCUT2D eigenvalue weighted by atomic mass is 10.1. The fourth-order valence-electron chi connectivity index (χ4n) is 3.32. The lowest BCUT2D eigenvalue weighted by Gasteiger charge is -2.15. The van der Waals surface area contributed by atoms with Gasteiger partial charge in [-0.25, -0.2) is 0 Å². The zero-order valence-electron chi connectivity index (χ0n) is 18.7. The second-order valence-electron chi connectivity index (χ2n) is 7.75. The highest BCUT2D eigenvalue weighted by atomic mass is 19.4. The van der Waals surface area contributed by atoms with Crippen molar-refractivity contribution >= 4 is 5.69 Å². The summed E-state index contributed by atoms with van der Waals surface area (Å²) in [7, 11) is 0. The molecule has 180 valence electrons. The number of nitrogens with zero attached hydrogens (tertiary/aromatic N) is 1. The van der Waals surface area contributed by atoms with Gasteiger partial charge in [-0.1, -0.05) is 60.7 Å². The lowest BCUT2D eigenvalue weighted by molar-refractivity contribution is -0.153. The van der Waals surface area contributed by atoms with Gasteiger partial charge in [0.1, 0.15) is 19.0 Å². The molecule has 2 N–H and O–H groups in total. The van der Waals surface area contributed by atoms with Crippen molar-refractivity contribution in [2.45, 2.75) is 19.4 Å². The van der Waals surface area contributed by atoms with Gasteiger partial charge in [-0.3, -0.25) is 0 Å². The van der Waals surface area contributed by atoms with Gasteiger partial charge < -0.3 is 19.9 Å². The summed E-state index contributed by atoms with van der Waals surface area (Å²) in [6.07, 6.45) is -4.46. The Hall–Kier alpha value is -4.20. The minimum absolute atomic E-state index is 0.00395. The molecule has 0 aliphatic heterocycles. The molecule has 0 aliphatic rings. The Morgan fingerprint density at radius 2 is 1.34 bits per heavy atom. The van der Waals surface area contributed by atoms with Gasteiger partial charge in [0.05, 0.1) is 0 Å². The first-order chi connectivity index (χ1) is 16.9. The zero-order valence-corrected chi connectivity index (χ0v) is 18.7. The van der Waals surface area contributed by atoms with Crippen molar-refractivity contribution in [3.05, 3.63) is 102 Å². The topological polar surface area (TPSA) is 66.6 Å². The predicted octanol–water partition coefficient (Wildman–Crippen LogP) is 6.43. The molecule has 0 spiro atoms. The molecule has 1 aromatic heterocycles. The summed E-state index contributed by atoms with van der Waals surface area (Å²) in [6, 6.07) is 27.0. The van der Waals surface area contributed by atoms with E-state index in [0.29, 0.717) is 23.6 Å². The molecule has 0 bridgehead atoms. The molecule has 0 radical (unpaired) electrons. The number of nitrogens with two attached hydrogens (primary N) is 1. The minimum atomic E-state index is -4.46. The molecule has 0 aliphatic carbocycles. The summed E-state index contributed by atoms with van der Waals surface area (Å²) in [5, 5.41) is 0. The highest BCUT2D eigenvalue weighted by Gasteiger charge is 2.28. The normalized spacial score (nSPS) is 11.2. The van der Waals surface area contributed by atoms with E-state index < -0.39 is 12.8 Å². The Balaban J connectivity index is 1.62. The van der Waals surface area contributed by atoms with Crippen LogP contribution in [0, 0.1) is 0 Å². The Labute approximate surface area is 200 Å². The van der Waals surface area contributed by atoms with E-state index in [2.05, 4.69) is 4.98 Å². The molecule has 0 atom stereocenters. The van der Waals surface area contributed by atoms with Crippen molar-refractivity contribution in [2.75, 3.05) is 12.3 Å². The predicted molar refractivity (Wildman–Crippen MR) is 127 cm³/mol. The average molecular weight is 480 g/mol. The summed E-state index contributed by atoms with van der Waals surface area (Å²) in [6.45, 7) is -0.862. The molecular weight excluding hydrogens is 457 g/mol. The van der Waals surface area contributed by atoms with E-state index in [1.807, 2.05) is 60.7 Å². The van der Waals surface area contributed by atoms with Crippen molar-refractivity contribution < 1.29 is 27.4 Å². The van der Waals surface area contributed by atoms with Crippen LogP contribution in [0.1, 0.15) is 11.1 Å². The highest BCUT2D eigenvalue weighted by Crippen LogP contribution is 2.35. The number of benzene rings is 3. The molecule has 5 nitrogen and oxygen atoms in total. The number of hydrogen-bond donors (Lipinski definition) is 1. The zero-order chi connectivity index (χ0) is 24.7. The van der Waals surface area contributed by atoms with Gasteiger partial charge in [-0.2, -0.15) is 18.2 Å². The second kappa shape index (κ2) is 10.8. The van der Waals surface area contributed by atoms with Crippen LogP contribution in [-0.2, 0) is 13.2 Å². The minimum Gasteiger partial charge on any atom is -0.484 e. The smallest absolute Gasteiger partial charge is 0.422 e. The van der Waals surface area contributed by atoms with Crippen LogP contribution < -0.4 is 19.9 Å². The lowest BCUT2D eigenvalue weighted by Crippen LogP contribution is -2.19. The largest absolute Gasteiger partial charge is 0.484 e. The quantitative estimate of drug-likeness (QED) is 0.280. The van der Waals surface area contributed by atoms with Gasteiger partial charge in [0.25, 0.3) is 0 Å². The number of alkyl halides is 3. The fraction of sp³-hybridized carbons (Fsp3) is 0.148. The molecule has 35 heavy (non-hydrogen) atoms. The summed E-state index contributed by atoms with van der Waals surface area (Å²) in [5.74, 6) is 0.598. The number of pyridine rings is 1. The number of nitrogen functional groups attached to an aromatic ring is 1. The van der Waals surface area contributed by atoms with E-state index in [4.69, 9.17) is 19.9 Å². The molecule has 0 saturated carbocycles. The molecule has 0 amide bonds. The van der Waals surface area contributed by atoms with Gasteiger partial charge >= 0.3 is 6.18 Å². The number of halogens is 3. The van der Waals surface area contributed by atoms with Crippen molar-refractivity contribution in [3.8, 4) is 28.6 Å². The number of hydrogen-bond acceptors (Lipinski definition) is 5. The van der Waals surface area contributed by atoms with Crippen molar-refractivity contribution in [1.29, 1.82) is 0 Å². The summed E-state index contributed by atoms with van der Waals surface area (Å²) in [5.41, 5.74) is 9.15. The van der Waals surface area contributed by atoms with Crippen LogP contribution in [0.4, 0.5) is 18.9 Å². The third-order valence-electron chi connectivity index (χ3n) is 4.93. The highest BCUT2D eigenvalue weighted by molar-refractivity contribution is 5.73. The number of aromatic nitrogens is 1. The van der Waals surface area contributed by atoms with Crippen molar-refractivity contribution in [3.63, 3.8) is 0 Å². The number of rotatable bonds is 9. The van der Waals surface area contributed by atoms with E-state index in [1.54, 1.807) is 18.2 Å². The monoisotopic (exact) mass is 480 g/mol. The van der Waals surface area contributed by atoms with Gasteiger partial charge in [0, 0.05) is 23.4 Å². The van der Waals surface area contributed by atoms with Crippen LogP contribution in [0.2, 0.25) is 0 Å². The Morgan fingerprint density at radius 3 is 1.97 bits per heavy atom. The third kappa shape index (κ3) is 7.14. The van der Waals surface area contributed by atoms with E-state index in [0.717, 1.165) is 11.1 Å². The number of anilines is 1. The van der Waals surface area contributed by atoms with Gasteiger partial charge in [-0.15, -0.1) is 0 Å². The van der Waals surface area contributed by atoms with Crippen molar-refractivity contribution in [2.24, 2.45) is 0 Å². The summed E-state index contributed by atoms with van der Waals surface area (Å²) >= 11 is 0. The van der Waals surface area contributed by atoms with Crippen LogP contribution in [0.3, 0.4) is 0 Å². The van der Waals surface area contributed by atoms with Crippen LogP contribution in [0.5, 0.6) is 17.5 Å². The summed E-state index contributed by atoms with van der Waals surface area (Å²) < 4.78 is 54.6. The van der Waals surface area contributed by atoms with Crippen LogP contribution >= 0.6 is 0 Å². The first kappa shape index (κ1) is 23.9. The Kier molecular flexibility index (Phi) is 7.40. The number of ether oxygens (including phenoxy) is 3. The molecule has 3 aromatic carbocycles. The molecule has 0 saturated heterocycles. The van der Waals surface area contributed by atoms with E-state index in [-0.39, 0.29) is 23.9 Å². The molecule has 1 heterocycles. The average Bonchev–Trinajstić information content (AvgIpc) is 2.85. The molecular formula is C27H23F3N2O3. The molecule has 4 rings (SSSR count). The Morgan fingerprint density at radius 1 is 0.714 bits per heavy atom. The van der Waals surface area contributed by atoms with E-state index >= 15 is 0 Å². The summed E-state index contributed by atoms with van der Waals surface area (Å²) in [4.78, 5) is 4.52. The van der Waals surface area contributed by atoms with Crippen LogP contribution in [0.25, 0.3) is 11.1 Å². The maximum Gasteiger partial charge on any atom is 0.422 e. The maximum atomic E-state index is 12.6.